The molecule has 0 radical (unpaired) electrons. The molecule has 2 aliphatic heterocycles. The highest BCUT2D eigenvalue weighted by Gasteiger charge is 2.69. The zero-order chi connectivity index (χ0) is 24.9. The quantitative estimate of drug-likeness (QED) is 0.420. The van der Waals surface area contributed by atoms with Gasteiger partial charge in [0.1, 0.15) is 0 Å². The number of imide groups is 1. The van der Waals surface area contributed by atoms with E-state index in [9.17, 15) is 19.5 Å². The summed E-state index contributed by atoms with van der Waals surface area (Å²) in [5.41, 5.74) is 0.337. The molecular formula is C30H24N2O4. The van der Waals surface area contributed by atoms with Crippen molar-refractivity contribution < 1.29 is 19.5 Å². The summed E-state index contributed by atoms with van der Waals surface area (Å²) in [6.07, 6.45) is 0. The Morgan fingerprint density at radius 2 is 1.44 bits per heavy atom. The molecule has 178 valence electrons. The molecule has 4 unspecified atom stereocenters. The molecule has 4 atom stereocenters. The SMILES string of the molecule is O=C1C2C(c3cccc4ccccc34)NC(C(=O)O)(c3ccccc3)C2C(=O)N1Cc1ccccc1. The number of benzene rings is 4. The van der Waals surface area contributed by atoms with E-state index >= 15 is 0 Å². The summed E-state index contributed by atoms with van der Waals surface area (Å²) in [7, 11) is 0. The Morgan fingerprint density at radius 1 is 0.806 bits per heavy atom. The fourth-order valence-electron chi connectivity index (χ4n) is 5.96. The molecule has 0 saturated carbocycles. The Labute approximate surface area is 208 Å². The molecule has 0 aromatic heterocycles. The van der Waals surface area contributed by atoms with Gasteiger partial charge in [-0.3, -0.25) is 19.8 Å². The normalized spacial score (nSPS) is 25.3. The molecule has 6 rings (SSSR count). The highest BCUT2D eigenvalue weighted by atomic mass is 16.4. The number of nitrogens with zero attached hydrogens (tertiary/aromatic N) is 1. The third kappa shape index (κ3) is 3.18. The molecular weight excluding hydrogens is 452 g/mol. The lowest BCUT2D eigenvalue weighted by atomic mass is 9.75. The predicted molar refractivity (Wildman–Crippen MR) is 135 cm³/mol. The number of carboxylic acid groups (broad SMARTS) is 1. The first-order chi connectivity index (χ1) is 17.5. The molecule has 2 saturated heterocycles. The maximum Gasteiger partial charge on any atom is 0.329 e. The Hall–Kier alpha value is -4.29. The van der Waals surface area contributed by atoms with E-state index in [0.29, 0.717) is 5.56 Å². The number of carboxylic acids is 1. The smallest absolute Gasteiger partial charge is 0.329 e. The van der Waals surface area contributed by atoms with Gasteiger partial charge in [0.2, 0.25) is 11.8 Å². The van der Waals surface area contributed by atoms with E-state index in [0.717, 1.165) is 21.9 Å². The maximum atomic E-state index is 13.9. The molecule has 0 spiro atoms. The van der Waals surface area contributed by atoms with Gasteiger partial charge in [0, 0.05) is 6.04 Å². The first-order valence-electron chi connectivity index (χ1n) is 12.0. The van der Waals surface area contributed by atoms with Crippen LogP contribution < -0.4 is 5.32 Å². The first kappa shape index (κ1) is 22.2. The molecule has 0 aliphatic carbocycles. The summed E-state index contributed by atoms with van der Waals surface area (Å²) in [5, 5.41) is 15.9. The van der Waals surface area contributed by atoms with E-state index in [1.165, 1.54) is 4.90 Å². The van der Waals surface area contributed by atoms with E-state index in [1.54, 1.807) is 30.3 Å². The molecule has 2 aliphatic rings. The van der Waals surface area contributed by atoms with Gasteiger partial charge in [0.25, 0.3) is 0 Å². The van der Waals surface area contributed by atoms with Gasteiger partial charge < -0.3 is 5.11 Å². The van der Waals surface area contributed by atoms with Crippen molar-refractivity contribution in [3.63, 3.8) is 0 Å². The minimum atomic E-state index is -1.74. The Morgan fingerprint density at radius 3 is 2.17 bits per heavy atom. The van der Waals surface area contributed by atoms with Gasteiger partial charge in [-0.2, -0.15) is 0 Å². The van der Waals surface area contributed by atoms with Crippen molar-refractivity contribution in [2.75, 3.05) is 0 Å². The van der Waals surface area contributed by atoms with Crippen molar-refractivity contribution >= 4 is 28.6 Å². The summed E-state index contributed by atoms with van der Waals surface area (Å²) in [5.74, 6) is -3.93. The van der Waals surface area contributed by atoms with Crippen molar-refractivity contribution in [1.82, 2.24) is 10.2 Å². The molecule has 4 aromatic carbocycles. The number of aliphatic carboxylic acids is 1. The number of fused-ring (bicyclic) bond motifs is 2. The molecule has 2 heterocycles. The molecule has 2 amide bonds. The van der Waals surface area contributed by atoms with Crippen LogP contribution in [0.4, 0.5) is 0 Å². The highest BCUT2D eigenvalue weighted by molar-refractivity contribution is 6.10. The molecule has 2 fully saturated rings. The van der Waals surface area contributed by atoms with Crippen molar-refractivity contribution in [3.8, 4) is 0 Å². The van der Waals surface area contributed by atoms with Crippen LogP contribution in [0.1, 0.15) is 22.7 Å². The topological polar surface area (TPSA) is 86.7 Å². The fraction of sp³-hybridized carbons (Fsp3) is 0.167. The Balaban J connectivity index is 1.55. The lowest BCUT2D eigenvalue weighted by molar-refractivity contribution is -0.152. The maximum absolute atomic E-state index is 13.9. The first-order valence-corrected chi connectivity index (χ1v) is 12.0. The van der Waals surface area contributed by atoms with Crippen molar-refractivity contribution in [3.05, 3.63) is 120 Å². The van der Waals surface area contributed by atoms with Gasteiger partial charge in [-0.25, -0.2) is 4.79 Å². The number of hydrogen-bond acceptors (Lipinski definition) is 4. The number of nitrogens with one attached hydrogen (secondary N) is 1. The number of hydrogen-bond donors (Lipinski definition) is 2. The van der Waals surface area contributed by atoms with Crippen LogP contribution in [0, 0.1) is 11.8 Å². The van der Waals surface area contributed by atoms with E-state index in [1.807, 2.05) is 72.8 Å². The van der Waals surface area contributed by atoms with Crippen LogP contribution in [0.5, 0.6) is 0 Å². The minimum Gasteiger partial charge on any atom is -0.480 e. The lowest BCUT2D eigenvalue weighted by Crippen LogP contribution is -2.53. The van der Waals surface area contributed by atoms with Crippen LogP contribution in [0.15, 0.2) is 103 Å². The second-order valence-corrected chi connectivity index (χ2v) is 9.42. The van der Waals surface area contributed by atoms with Gasteiger partial charge in [-0.1, -0.05) is 103 Å². The second-order valence-electron chi connectivity index (χ2n) is 9.42. The van der Waals surface area contributed by atoms with Gasteiger partial charge in [-0.05, 0) is 27.5 Å². The largest absolute Gasteiger partial charge is 0.480 e. The van der Waals surface area contributed by atoms with Crippen LogP contribution in [-0.4, -0.2) is 27.8 Å². The van der Waals surface area contributed by atoms with Crippen LogP contribution in [0.3, 0.4) is 0 Å². The van der Waals surface area contributed by atoms with Gasteiger partial charge in [0.05, 0.1) is 18.4 Å². The van der Waals surface area contributed by atoms with E-state index in [4.69, 9.17) is 0 Å². The van der Waals surface area contributed by atoms with Crippen LogP contribution >= 0.6 is 0 Å². The van der Waals surface area contributed by atoms with Gasteiger partial charge in [0.15, 0.2) is 5.54 Å². The zero-order valence-electron chi connectivity index (χ0n) is 19.4. The van der Waals surface area contributed by atoms with E-state index in [-0.39, 0.29) is 12.5 Å². The summed E-state index contributed by atoms with van der Waals surface area (Å²) in [6.45, 7) is 0.109. The van der Waals surface area contributed by atoms with Crippen molar-refractivity contribution in [2.45, 2.75) is 18.1 Å². The van der Waals surface area contributed by atoms with Crippen molar-refractivity contribution in [2.24, 2.45) is 11.8 Å². The van der Waals surface area contributed by atoms with Crippen LogP contribution in [-0.2, 0) is 26.5 Å². The average molecular weight is 477 g/mol. The molecule has 4 aromatic rings. The highest BCUT2D eigenvalue weighted by Crippen LogP contribution is 2.54. The molecule has 0 bridgehead atoms. The number of amides is 2. The summed E-state index contributed by atoms with van der Waals surface area (Å²) >= 11 is 0. The van der Waals surface area contributed by atoms with E-state index < -0.39 is 35.3 Å². The standard InChI is InChI=1S/C30H24N2O4/c33-27-24-25(28(34)32(27)18-19-10-3-1-4-11-19)30(29(35)36,21-14-5-2-6-15-21)31-26(24)23-17-9-13-20-12-7-8-16-22(20)23/h1-17,24-26,31H,18H2,(H,35,36). The number of carbonyl (C=O) groups is 3. The number of carbonyl (C=O) groups excluding carboxylic acids is 2. The fourth-order valence-corrected chi connectivity index (χ4v) is 5.96. The van der Waals surface area contributed by atoms with Crippen molar-refractivity contribution in [1.29, 1.82) is 0 Å². The lowest BCUT2D eigenvalue weighted by Gasteiger charge is -2.32. The molecule has 2 N–H and O–H groups in total. The predicted octanol–water partition coefficient (Wildman–Crippen LogP) is 4.27. The summed E-state index contributed by atoms with van der Waals surface area (Å²) in [6, 6.07) is 31.0. The zero-order valence-corrected chi connectivity index (χ0v) is 19.4. The van der Waals surface area contributed by atoms with Crippen LogP contribution in [0.2, 0.25) is 0 Å². The van der Waals surface area contributed by atoms with Gasteiger partial charge >= 0.3 is 5.97 Å². The third-order valence-electron chi connectivity index (χ3n) is 7.56. The van der Waals surface area contributed by atoms with Gasteiger partial charge in [-0.15, -0.1) is 0 Å². The molecule has 6 heteroatoms. The van der Waals surface area contributed by atoms with Crippen LogP contribution in [0.25, 0.3) is 10.8 Å². The Kier molecular flexibility index (Phi) is 5.20. The molecule has 6 nitrogen and oxygen atoms in total. The monoisotopic (exact) mass is 476 g/mol. The number of likely N-dealkylation sites (tertiary alicyclic amines) is 1. The van der Waals surface area contributed by atoms with E-state index in [2.05, 4.69) is 5.32 Å². The summed E-state index contributed by atoms with van der Waals surface area (Å²) < 4.78 is 0. The summed E-state index contributed by atoms with van der Waals surface area (Å²) in [4.78, 5) is 42.2. The Bertz CT molecular complexity index is 1480. The minimum absolute atomic E-state index is 0.109. The number of rotatable bonds is 5. The third-order valence-corrected chi connectivity index (χ3v) is 7.56. The second kappa shape index (κ2) is 8.43. The average Bonchev–Trinajstić information content (AvgIpc) is 3.40. The molecule has 36 heavy (non-hydrogen) atoms.